The Labute approximate surface area is 189 Å². The van der Waals surface area contributed by atoms with Crippen LogP contribution in [0.2, 0.25) is 10.0 Å². The molecule has 0 atom stereocenters. The summed E-state index contributed by atoms with van der Waals surface area (Å²) in [4.78, 5) is 27.8. The molecule has 1 N–H and O–H groups in total. The number of hydrogen-bond acceptors (Lipinski definition) is 8. The van der Waals surface area contributed by atoms with Crippen molar-refractivity contribution in [2.24, 2.45) is 0 Å². The van der Waals surface area contributed by atoms with Gasteiger partial charge in [-0.3, -0.25) is 19.9 Å². The van der Waals surface area contributed by atoms with Gasteiger partial charge < -0.3 is 5.32 Å². The van der Waals surface area contributed by atoms with Crippen molar-refractivity contribution in [3.63, 3.8) is 0 Å². The molecule has 0 spiro atoms. The molecule has 0 saturated heterocycles. The van der Waals surface area contributed by atoms with Crippen molar-refractivity contribution in [2.75, 3.05) is 11.6 Å². The Bertz CT molecular complexity index is 1240. The van der Waals surface area contributed by atoms with Crippen LogP contribution in [0.15, 0.2) is 56.7 Å². The second-order valence-corrected chi connectivity index (χ2v) is 11.0. The fourth-order valence-electron chi connectivity index (χ4n) is 2.26. The highest BCUT2D eigenvalue weighted by Gasteiger charge is 2.25. The van der Waals surface area contributed by atoms with E-state index in [-0.39, 0.29) is 35.4 Å². The number of thiophene rings is 1. The van der Waals surface area contributed by atoms with Gasteiger partial charge in [-0.05, 0) is 18.2 Å². The summed E-state index contributed by atoms with van der Waals surface area (Å²) in [5.74, 6) is -0.618. The minimum absolute atomic E-state index is 0.0377. The number of benzene rings is 1. The molecule has 0 aliphatic heterocycles. The summed E-state index contributed by atoms with van der Waals surface area (Å²) in [5.41, 5.74) is -0.0302. The van der Waals surface area contributed by atoms with Gasteiger partial charge in [-0.1, -0.05) is 41.0 Å². The SMILES string of the molecule is CS(=O)(=O)c1cccc(NC(=O)c2cc([N+](=O)[O-])c(Sc3c(Cl)cncc3Cl)s2)c1. The molecule has 1 amide bonds. The minimum Gasteiger partial charge on any atom is -0.321 e. The van der Waals surface area contributed by atoms with Gasteiger partial charge in [0.1, 0.15) is 9.09 Å². The van der Waals surface area contributed by atoms with Gasteiger partial charge >= 0.3 is 0 Å². The third-order valence-electron chi connectivity index (χ3n) is 3.62. The van der Waals surface area contributed by atoms with Crippen molar-refractivity contribution < 1.29 is 18.1 Å². The van der Waals surface area contributed by atoms with Gasteiger partial charge in [0.25, 0.3) is 11.6 Å². The van der Waals surface area contributed by atoms with Gasteiger partial charge in [0, 0.05) is 30.4 Å². The van der Waals surface area contributed by atoms with E-state index in [4.69, 9.17) is 23.2 Å². The van der Waals surface area contributed by atoms with Crippen molar-refractivity contribution >= 4 is 73.4 Å². The Morgan fingerprint density at radius 3 is 2.50 bits per heavy atom. The van der Waals surface area contributed by atoms with Crippen LogP contribution >= 0.6 is 46.3 Å². The zero-order chi connectivity index (χ0) is 22.1. The molecule has 0 aliphatic carbocycles. The van der Waals surface area contributed by atoms with Crippen molar-refractivity contribution in [3.8, 4) is 0 Å². The number of anilines is 1. The first-order valence-corrected chi connectivity index (χ1v) is 12.2. The van der Waals surface area contributed by atoms with Crippen molar-refractivity contribution in [3.05, 3.63) is 67.8 Å². The molecular weight excluding hydrogens is 493 g/mol. The summed E-state index contributed by atoms with van der Waals surface area (Å²) < 4.78 is 23.6. The minimum atomic E-state index is -3.45. The van der Waals surface area contributed by atoms with E-state index < -0.39 is 20.7 Å². The number of amides is 1. The number of carbonyl (C=O) groups is 1. The molecule has 1 aromatic carbocycles. The molecule has 0 radical (unpaired) electrons. The lowest BCUT2D eigenvalue weighted by molar-refractivity contribution is -0.387. The zero-order valence-electron chi connectivity index (χ0n) is 15.0. The Morgan fingerprint density at radius 1 is 1.23 bits per heavy atom. The molecule has 30 heavy (non-hydrogen) atoms. The number of nitrogens with one attached hydrogen (secondary N) is 1. The summed E-state index contributed by atoms with van der Waals surface area (Å²) in [7, 11) is -3.45. The zero-order valence-corrected chi connectivity index (χ0v) is 18.9. The number of sulfone groups is 1. The third kappa shape index (κ3) is 5.10. The molecule has 3 aromatic rings. The first-order chi connectivity index (χ1) is 14.1. The first kappa shape index (κ1) is 22.5. The van der Waals surface area contributed by atoms with Crippen LogP contribution in [0, 0.1) is 10.1 Å². The topological polar surface area (TPSA) is 119 Å². The van der Waals surface area contributed by atoms with Crippen LogP contribution in [-0.4, -0.2) is 30.5 Å². The van der Waals surface area contributed by atoms with E-state index in [0.29, 0.717) is 4.90 Å². The van der Waals surface area contributed by atoms with Crippen LogP contribution in [0.3, 0.4) is 0 Å². The van der Waals surface area contributed by atoms with E-state index in [2.05, 4.69) is 10.3 Å². The van der Waals surface area contributed by atoms with Crippen molar-refractivity contribution in [1.82, 2.24) is 4.98 Å². The summed E-state index contributed by atoms with van der Waals surface area (Å²) in [6, 6.07) is 6.85. The smallest absolute Gasteiger partial charge is 0.294 e. The van der Waals surface area contributed by atoms with Crippen molar-refractivity contribution in [2.45, 2.75) is 14.0 Å². The highest BCUT2D eigenvalue weighted by molar-refractivity contribution is 8.01. The van der Waals surface area contributed by atoms with Crippen LogP contribution in [0.1, 0.15) is 9.67 Å². The monoisotopic (exact) mass is 503 g/mol. The maximum absolute atomic E-state index is 12.6. The Morgan fingerprint density at radius 2 is 1.90 bits per heavy atom. The third-order valence-corrected chi connectivity index (χ3v) is 7.99. The number of rotatable bonds is 6. The van der Waals surface area contributed by atoms with Crippen LogP contribution < -0.4 is 5.32 Å². The molecule has 2 aromatic heterocycles. The molecule has 156 valence electrons. The summed E-state index contributed by atoms with van der Waals surface area (Å²) in [6.45, 7) is 0. The van der Waals surface area contributed by atoms with E-state index in [9.17, 15) is 23.3 Å². The second kappa shape index (κ2) is 8.90. The maximum Gasteiger partial charge on any atom is 0.294 e. The molecular formula is C17H11Cl2N3O5S3. The highest BCUT2D eigenvalue weighted by Crippen LogP contribution is 2.45. The molecule has 0 fully saturated rings. The lowest BCUT2D eigenvalue weighted by atomic mass is 10.3. The molecule has 13 heteroatoms. The Hall–Kier alpha value is -2.18. The summed E-state index contributed by atoms with van der Waals surface area (Å²) in [5, 5.41) is 14.4. The first-order valence-electron chi connectivity index (χ1n) is 7.93. The van der Waals surface area contributed by atoms with E-state index >= 15 is 0 Å². The number of nitro groups is 1. The van der Waals surface area contributed by atoms with Gasteiger partial charge in [-0.15, -0.1) is 11.3 Å². The standard InChI is InChI=1S/C17H11Cl2N3O5S3/c1-30(26,27)10-4-2-3-9(5-10)21-16(23)14-6-13(22(24)25)17(28-14)29-15-11(18)7-20-8-12(15)19/h2-8H,1H3,(H,21,23). The number of hydrogen-bond donors (Lipinski definition) is 1. The average molecular weight is 504 g/mol. The Kier molecular flexibility index (Phi) is 6.68. The van der Waals surface area contributed by atoms with Crippen LogP contribution in [-0.2, 0) is 9.84 Å². The molecule has 0 aliphatic rings. The quantitative estimate of drug-likeness (QED) is 0.364. The van der Waals surface area contributed by atoms with E-state index in [0.717, 1.165) is 35.4 Å². The number of carbonyl (C=O) groups excluding carboxylic acids is 1. The molecule has 0 bridgehead atoms. The lowest BCUT2D eigenvalue weighted by Gasteiger charge is -2.05. The van der Waals surface area contributed by atoms with Gasteiger partial charge in [-0.25, -0.2) is 8.42 Å². The van der Waals surface area contributed by atoms with Crippen LogP contribution in [0.5, 0.6) is 0 Å². The van der Waals surface area contributed by atoms with Gasteiger partial charge in [0.15, 0.2) is 9.84 Å². The van der Waals surface area contributed by atoms with E-state index in [1.165, 1.54) is 36.7 Å². The van der Waals surface area contributed by atoms with Crippen LogP contribution in [0.4, 0.5) is 11.4 Å². The molecule has 2 heterocycles. The number of nitrogens with zero attached hydrogens (tertiary/aromatic N) is 2. The molecule has 8 nitrogen and oxygen atoms in total. The predicted octanol–water partition coefficient (Wildman–Crippen LogP) is 5.17. The number of halogens is 2. The Balaban J connectivity index is 1.91. The number of aromatic nitrogens is 1. The maximum atomic E-state index is 12.6. The largest absolute Gasteiger partial charge is 0.321 e. The fraction of sp³-hybridized carbons (Fsp3) is 0.0588. The number of pyridine rings is 1. The fourth-order valence-corrected chi connectivity index (χ4v) is 5.69. The highest BCUT2D eigenvalue weighted by atomic mass is 35.5. The van der Waals surface area contributed by atoms with E-state index in [1.54, 1.807) is 0 Å². The molecule has 0 unspecified atom stereocenters. The second-order valence-electron chi connectivity index (χ2n) is 5.83. The van der Waals surface area contributed by atoms with Crippen LogP contribution in [0.25, 0.3) is 0 Å². The summed E-state index contributed by atoms with van der Waals surface area (Å²) in [6.07, 6.45) is 3.77. The van der Waals surface area contributed by atoms with Gasteiger partial charge in [-0.2, -0.15) is 0 Å². The summed E-state index contributed by atoms with van der Waals surface area (Å²) >= 11 is 14.0. The van der Waals surface area contributed by atoms with Gasteiger partial charge in [0.05, 0.1) is 24.8 Å². The molecule has 0 saturated carbocycles. The lowest BCUT2D eigenvalue weighted by Crippen LogP contribution is -2.10. The normalized spacial score (nSPS) is 11.3. The van der Waals surface area contributed by atoms with E-state index in [1.807, 2.05) is 0 Å². The van der Waals surface area contributed by atoms with Gasteiger partial charge in [0.2, 0.25) is 0 Å². The van der Waals surface area contributed by atoms with Crippen molar-refractivity contribution in [1.29, 1.82) is 0 Å². The predicted molar refractivity (Wildman–Crippen MR) is 117 cm³/mol. The average Bonchev–Trinajstić information content (AvgIpc) is 3.09. The molecule has 3 rings (SSSR count).